The van der Waals surface area contributed by atoms with Crippen molar-refractivity contribution < 1.29 is 31.0 Å². The molecule has 1 aliphatic carbocycles. The summed E-state index contributed by atoms with van der Waals surface area (Å²) in [6.07, 6.45) is -2.29. The Hall–Kier alpha value is -2.49. The lowest BCUT2D eigenvalue weighted by atomic mass is 9.63. The number of hydrogen-bond donors (Lipinski definition) is 1. The normalized spacial score (nSPS) is 30.8. The molecule has 5 rings (SSSR count). The van der Waals surface area contributed by atoms with Crippen LogP contribution in [-0.2, 0) is 38.4 Å². The number of benzene rings is 2. The molecule has 38 heavy (non-hydrogen) atoms. The van der Waals surface area contributed by atoms with Gasteiger partial charge in [-0.25, -0.2) is 13.0 Å². The second-order valence-corrected chi connectivity index (χ2v) is 13.6. The Labute approximate surface area is 219 Å². The number of nitrogens with zero attached hydrogens (tertiary/aromatic N) is 1. The van der Waals surface area contributed by atoms with E-state index in [1.165, 1.54) is 24.3 Å². The van der Waals surface area contributed by atoms with Crippen molar-refractivity contribution >= 4 is 15.6 Å². The number of nitrogens with one attached hydrogen (secondary N) is 1. The first-order chi connectivity index (χ1) is 17.7. The van der Waals surface area contributed by atoms with E-state index in [4.69, 9.17) is 4.78 Å². The molecule has 0 saturated carbocycles. The lowest BCUT2D eigenvalue weighted by Gasteiger charge is -2.44. The minimum absolute atomic E-state index is 0.0284. The van der Waals surface area contributed by atoms with Crippen LogP contribution in [0.15, 0.2) is 42.5 Å². The van der Waals surface area contributed by atoms with Crippen molar-refractivity contribution in [1.82, 2.24) is 4.90 Å². The second-order valence-electron chi connectivity index (χ2n) is 11.2. The van der Waals surface area contributed by atoms with Gasteiger partial charge < -0.3 is 4.90 Å². The van der Waals surface area contributed by atoms with Crippen molar-refractivity contribution in [3.8, 4) is 0 Å². The monoisotopic (exact) mass is 554 g/mol. The van der Waals surface area contributed by atoms with Crippen molar-refractivity contribution in [3.63, 3.8) is 0 Å². The molecule has 3 unspecified atom stereocenters. The van der Waals surface area contributed by atoms with Crippen molar-refractivity contribution in [2.24, 2.45) is 5.92 Å². The van der Waals surface area contributed by atoms with Crippen molar-refractivity contribution in [2.45, 2.75) is 68.8 Å². The van der Waals surface area contributed by atoms with Crippen LogP contribution in [0.5, 0.6) is 0 Å². The summed E-state index contributed by atoms with van der Waals surface area (Å²) < 4.78 is 88.8. The van der Waals surface area contributed by atoms with E-state index in [1.54, 1.807) is 18.2 Å². The molecule has 2 aromatic carbocycles. The maximum atomic E-state index is 14.8. The Balaban J connectivity index is 1.53. The van der Waals surface area contributed by atoms with Crippen molar-refractivity contribution in [2.75, 3.05) is 18.1 Å². The quantitative estimate of drug-likeness (QED) is 0.468. The third-order valence-corrected chi connectivity index (χ3v) is 10.7. The molecule has 2 heterocycles. The van der Waals surface area contributed by atoms with Gasteiger partial charge in [-0.15, -0.1) is 0 Å². The summed E-state index contributed by atoms with van der Waals surface area (Å²) in [4.78, 5) is 15.5. The molecular weight excluding hydrogens is 523 g/mol. The molecule has 2 fully saturated rings. The van der Waals surface area contributed by atoms with E-state index in [0.29, 0.717) is 57.6 Å². The Kier molecular flexibility index (Phi) is 6.64. The number of carbonyl (C=O) groups is 1. The van der Waals surface area contributed by atoms with Gasteiger partial charge in [-0.2, -0.15) is 13.2 Å². The van der Waals surface area contributed by atoms with Gasteiger partial charge in [0.1, 0.15) is 5.82 Å². The molecule has 3 atom stereocenters. The third kappa shape index (κ3) is 4.62. The smallest absolute Gasteiger partial charge is 0.339 e. The van der Waals surface area contributed by atoms with Gasteiger partial charge in [0.15, 0.2) is 0 Å². The fraction of sp³-hybridized carbons (Fsp3) is 0.536. The van der Waals surface area contributed by atoms with Crippen LogP contribution in [0.25, 0.3) is 0 Å². The number of carbonyl (C=O) groups excluding carboxylic acids is 1. The lowest BCUT2D eigenvalue weighted by molar-refractivity contribution is -0.228. The minimum atomic E-state index is -5.05. The van der Waals surface area contributed by atoms with E-state index in [2.05, 4.69) is 0 Å². The van der Waals surface area contributed by atoms with E-state index in [-0.39, 0.29) is 35.2 Å². The predicted octanol–water partition coefficient (Wildman–Crippen LogP) is 6.06. The molecule has 0 bridgehead atoms. The summed E-state index contributed by atoms with van der Waals surface area (Å²) in [6.45, 7) is 0.992. The summed E-state index contributed by atoms with van der Waals surface area (Å²) >= 11 is 0. The zero-order chi connectivity index (χ0) is 27.5. The molecule has 1 N–H and O–H groups in total. The van der Waals surface area contributed by atoms with Crippen molar-refractivity contribution in [3.05, 3.63) is 70.5 Å². The Morgan fingerprint density at radius 2 is 1.74 bits per heavy atom. The Morgan fingerprint density at radius 3 is 2.37 bits per heavy atom. The highest BCUT2D eigenvalue weighted by atomic mass is 32.2. The highest BCUT2D eigenvalue weighted by Crippen LogP contribution is 2.51. The molecule has 4 nitrogen and oxygen atoms in total. The number of hydrogen-bond acceptors (Lipinski definition) is 3. The lowest BCUT2D eigenvalue weighted by Crippen LogP contribution is -2.51. The fourth-order valence-electron chi connectivity index (χ4n) is 6.65. The Bertz CT molecular complexity index is 1330. The summed E-state index contributed by atoms with van der Waals surface area (Å²) in [5.41, 5.74) is -2.23. The van der Waals surface area contributed by atoms with E-state index >= 15 is 0 Å². The SMILES string of the molecule is CC(F)(c1ccc2c(c1)CCC1N(C(=O)C3CCS(=N)(=O)CC3)CCC21Cc1ccc(F)cc1)C(F)(F)F. The zero-order valence-electron chi connectivity index (χ0n) is 21.1. The first-order valence-electron chi connectivity index (χ1n) is 12.9. The highest BCUT2D eigenvalue weighted by Gasteiger charge is 2.56. The third-order valence-electron chi connectivity index (χ3n) is 8.87. The number of alkyl halides is 4. The molecule has 0 aromatic heterocycles. The van der Waals surface area contributed by atoms with E-state index < -0.39 is 32.6 Å². The van der Waals surface area contributed by atoms with Crippen LogP contribution in [0, 0.1) is 16.5 Å². The Morgan fingerprint density at radius 1 is 1.08 bits per heavy atom. The number of rotatable bonds is 4. The van der Waals surface area contributed by atoms with Crippen molar-refractivity contribution in [1.29, 1.82) is 4.78 Å². The van der Waals surface area contributed by atoms with Gasteiger partial charge >= 0.3 is 6.18 Å². The second kappa shape index (κ2) is 9.31. The molecule has 1 amide bonds. The maximum Gasteiger partial charge on any atom is 0.426 e. The van der Waals surface area contributed by atoms with Crippen LogP contribution in [-0.4, -0.2) is 45.3 Å². The largest absolute Gasteiger partial charge is 0.426 e. The van der Waals surface area contributed by atoms with Crippen LogP contribution in [0.2, 0.25) is 0 Å². The zero-order valence-corrected chi connectivity index (χ0v) is 21.9. The number of amides is 1. The molecule has 10 heteroatoms. The maximum absolute atomic E-state index is 14.8. The fourth-order valence-corrected chi connectivity index (χ4v) is 8.18. The molecule has 2 saturated heterocycles. The molecule has 0 spiro atoms. The molecular formula is C28H31F5N2O2S. The number of fused-ring (bicyclic) bond motifs is 3. The van der Waals surface area contributed by atoms with Gasteiger partial charge in [-0.3, -0.25) is 9.57 Å². The van der Waals surface area contributed by atoms with Crippen LogP contribution < -0.4 is 0 Å². The van der Waals surface area contributed by atoms with Crippen LogP contribution >= 0.6 is 0 Å². The average Bonchev–Trinajstić information content (AvgIpc) is 3.23. The van der Waals surface area contributed by atoms with Gasteiger partial charge in [-0.1, -0.05) is 30.3 Å². The first kappa shape index (κ1) is 27.1. The summed E-state index contributed by atoms with van der Waals surface area (Å²) in [5.74, 6) is -0.304. The van der Waals surface area contributed by atoms with Crippen LogP contribution in [0.4, 0.5) is 22.0 Å². The molecule has 2 aliphatic heterocycles. The average molecular weight is 555 g/mol. The molecule has 2 aromatic rings. The minimum Gasteiger partial charge on any atom is -0.339 e. The predicted molar refractivity (Wildman–Crippen MR) is 134 cm³/mol. The number of likely N-dealkylation sites (tertiary alicyclic amines) is 1. The van der Waals surface area contributed by atoms with E-state index in [1.807, 2.05) is 4.90 Å². The first-order valence-corrected chi connectivity index (χ1v) is 14.8. The summed E-state index contributed by atoms with van der Waals surface area (Å²) in [7, 11) is -2.63. The molecule has 3 aliphatic rings. The van der Waals surface area contributed by atoms with Crippen LogP contribution in [0.1, 0.15) is 54.9 Å². The number of halogens is 5. The van der Waals surface area contributed by atoms with Crippen LogP contribution in [0.3, 0.4) is 0 Å². The van der Waals surface area contributed by atoms with Gasteiger partial charge in [0, 0.05) is 45.2 Å². The van der Waals surface area contributed by atoms with Gasteiger partial charge in [0.25, 0.3) is 0 Å². The van der Waals surface area contributed by atoms with Gasteiger partial charge in [-0.05, 0) is 79.8 Å². The van der Waals surface area contributed by atoms with Gasteiger partial charge in [0.2, 0.25) is 11.6 Å². The van der Waals surface area contributed by atoms with E-state index in [9.17, 15) is 31.0 Å². The topological polar surface area (TPSA) is 61.2 Å². The van der Waals surface area contributed by atoms with Gasteiger partial charge in [0.05, 0.1) is 0 Å². The summed E-state index contributed by atoms with van der Waals surface area (Å²) in [6, 6.07) is 9.99. The molecule has 0 radical (unpaired) electrons. The highest BCUT2D eigenvalue weighted by molar-refractivity contribution is 7.92. The number of aryl methyl sites for hydroxylation is 1. The standard InChI is InChI=1S/C28H31F5N2O2S/c1-26(30,28(31,32)33)21-5-8-23-20(16-21)4-9-24-27(23,17-18-2-6-22(29)7-3-18)12-13-35(24)25(36)19-10-14-38(34,37)15-11-19/h2-3,5-8,16,19,24,34H,4,9-15,17H2,1H3. The van der Waals surface area contributed by atoms with E-state index in [0.717, 1.165) is 11.1 Å². The summed E-state index contributed by atoms with van der Waals surface area (Å²) in [5, 5.41) is 0. The molecule has 206 valence electrons.